The van der Waals surface area contributed by atoms with Crippen LogP contribution in [0.2, 0.25) is 0 Å². The maximum atomic E-state index is 10.2. The van der Waals surface area contributed by atoms with Crippen molar-refractivity contribution >= 4 is 18.7 Å². The molecule has 0 aliphatic carbocycles. The second-order valence-electron chi connectivity index (χ2n) is 1.24. The Morgan fingerprint density at radius 2 is 2.56 bits per heavy atom. The van der Waals surface area contributed by atoms with Crippen molar-refractivity contribution in [3.05, 3.63) is 0 Å². The minimum Gasteiger partial charge on any atom is -0.435 e. The average Bonchev–Trinajstić information content (AvgIpc) is 1.63. The topological polar surface area (TPSA) is 62.1 Å². The van der Waals surface area contributed by atoms with Gasteiger partial charge in [-0.3, -0.25) is 0 Å². The van der Waals surface area contributed by atoms with E-state index in [4.69, 9.17) is 5.26 Å². The Labute approximate surface area is 58.2 Å². The lowest BCUT2D eigenvalue weighted by molar-refractivity contribution is 0.146. The molecular weight excluding hydrogens is 140 g/mol. The van der Waals surface area contributed by atoms with Crippen LogP contribution in [0, 0.1) is 11.5 Å². The van der Waals surface area contributed by atoms with Gasteiger partial charge in [-0.2, -0.15) is 5.26 Å². The van der Waals surface area contributed by atoms with E-state index in [0.717, 1.165) is 0 Å². The van der Waals surface area contributed by atoms with Crippen molar-refractivity contribution in [1.82, 2.24) is 5.32 Å². The number of carbonyl (C=O) groups excluding carboxylic acids is 1. The van der Waals surface area contributed by atoms with Crippen molar-refractivity contribution in [3.8, 4) is 6.19 Å². The van der Waals surface area contributed by atoms with Crippen LogP contribution < -0.4 is 5.32 Å². The average molecular weight is 146 g/mol. The molecule has 1 unspecified atom stereocenters. The van der Waals surface area contributed by atoms with Crippen LogP contribution in [-0.2, 0) is 4.74 Å². The summed E-state index contributed by atoms with van der Waals surface area (Å²) in [7, 11) is 0. The molecule has 0 fully saturated rings. The van der Waals surface area contributed by atoms with Crippen molar-refractivity contribution in [3.63, 3.8) is 0 Å². The van der Waals surface area contributed by atoms with E-state index in [1.54, 1.807) is 12.2 Å². The van der Waals surface area contributed by atoms with Gasteiger partial charge < -0.3 is 4.74 Å². The van der Waals surface area contributed by atoms with E-state index in [-0.39, 0.29) is 0 Å². The fourth-order valence-corrected chi connectivity index (χ4v) is 0.326. The number of carbonyl (C=O) groups is 1. The summed E-state index contributed by atoms with van der Waals surface area (Å²) in [5.41, 5.74) is -0.488. The lowest BCUT2D eigenvalue weighted by Crippen LogP contribution is -2.21. The Hall–Kier alpha value is -0.890. The highest BCUT2D eigenvalue weighted by atomic mass is 32.1. The Morgan fingerprint density at radius 1 is 2.00 bits per heavy atom. The zero-order valence-corrected chi connectivity index (χ0v) is 5.68. The van der Waals surface area contributed by atoms with E-state index in [0.29, 0.717) is 0 Å². The first kappa shape index (κ1) is 8.11. The summed E-state index contributed by atoms with van der Waals surface area (Å²) >= 11 is 3.74. The molecule has 0 aromatic carbocycles. The molecule has 4 nitrogen and oxygen atoms in total. The normalized spacial score (nSPS) is 11.2. The highest BCUT2D eigenvalue weighted by Gasteiger charge is 2.01. The first-order valence-corrected chi connectivity index (χ1v) is 2.72. The molecule has 0 aromatic rings. The van der Waals surface area contributed by atoms with Crippen LogP contribution >= 0.6 is 12.6 Å². The molecular formula is C4H6N2O2S. The van der Waals surface area contributed by atoms with Gasteiger partial charge in [0, 0.05) is 0 Å². The van der Waals surface area contributed by atoms with Gasteiger partial charge >= 0.3 is 6.09 Å². The predicted molar refractivity (Wildman–Crippen MR) is 33.7 cm³/mol. The number of alkyl carbamates (subject to hydrolysis) is 1. The first-order chi connectivity index (χ1) is 4.16. The summed E-state index contributed by atoms with van der Waals surface area (Å²) in [6.07, 6.45) is 0.637. The highest BCUT2D eigenvalue weighted by Crippen LogP contribution is 1.93. The van der Waals surface area contributed by atoms with Crippen molar-refractivity contribution < 1.29 is 9.53 Å². The molecule has 50 valence electrons. The third kappa shape index (κ3) is 4.97. The van der Waals surface area contributed by atoms with Crippen molar-refractivity contribution in [1.29, 1.82) is 5.26 Å². The zero-order chi connectivity index (χ0) is 7.28. The van der Waals surface area contributed by atoms with Gasteiger partial charge in [0.25, 0.3) is 0 Å². The quantitative estimate of drug-likeness (QED) is 0.244. The number of thiol groups is 1. The summed E-state index contributed by atoms with van der Waals surface area (Å²) in [5, 5.41) is 9.64. The summed E-state index contributed by atoms with van der Waals surface area (Å²) in [6.45, 7) is 1.57. The molecule has 0 bridgehead atoms. The maximum absolute atomic E-state index is 10.2. The van der Waals surface area contributed by atoms with Gasteiger partial charge in [0.05, 0.1) is 0 Å². The monoisotopic (exact) mass is 146 g/mol. The van der Waals surface area contributed by atoms with E-state index < -0.39 is 11.5 Å². The molecule has 0 radical (unpaired) electrons. The molecule has 1 atom stereocenters. The fraction of sp³-hybridized carbons (Fsp3) is 0.500. The lowest BCUT2D eigenvalue weighted by Gasteiger charge is -2.02. The zero-order valence-electron chi connectivity index (χ0n) is 4.79. The Bertz CT molecular complexity index is 140. The number of hydrogen-bond acceptors (Lipinski definition) is 4. The van der Waals surface area contributed by atoms with E-state index in [9.17, 15) is 4.79 Å². The van der Waals surface area contributed by atoms with Crippen LogP contribution in [0.25, 0.3) is 0 Å². The number of nitrogens with one attached hydrogen (secondary N) is 1. The molecule has 0 aliphatic rings. The van der Waals surface area contributed by atoms with Gasteiger partial charge in [0.2, 0.25) is 0 Å². The van der Waals surface area contributed by atoms with Crippen LogP contribution in [0.15, 0.2) is 0 Å². The molecule has 0 heterocycles. The molecule has 1 N–H and O–H groups in total. The number of nitrogens with zero attached hydrogens (tertiary/aromatic N) is 1. The van der Waals surface area contributed by atoms with Crippen LogP contribution in [0.4, 0.5) is 4.79 Å². The molecule has 0 saturated heterocycles. The smallest absolute Gasteiger partial charge is 0.421 e. The predicted octanol–water partition coefficient (Wildman–Crippen LogP) is 0.469. The van der Waals surface area contributed by atoms with Gasteiger partial charge in [-0.25, -0.2) is 10.1 Å². The molecule has 0 rings (SSSR count). The van der Waals surface area contributed by atoms with E-state index >= 15 is 0 Å². The Balaban J connectivity index is 3.42. The third-order valence-corrected chi connectivity index (χ3v) is 0.541. The first-order valence-electron chi connectivity index (χ1n) is 2.20. The summed E-state index contributed by atoms with van der Waals surface area (Å²) in [5.74, 6) is 0. The van der Waals surface area contributed by atoms with E-state index in [2.05, 4.69) is 17.4 Å². The Morgan fingerprint density at radius 3 is 2.89 bits per heavy atom. The molecule has 0 aliphatic heterocycles. The van der Waals surface area contributed by atoms with E-state index in [1.165, 1.54) is 6.19 Å². The standard InChI is InChI=1S/C4H6N2O2S/c1-3(9)8-4(7)6-2-5/h3,9H,1H3,(H,6,7). The maximum Gasteiger partial charge on any atom is 0.421 e. The van der Waals surface area contributed by atoms with Gasteiger partial charge in [-0.15, -0.1) is 12.6 Å². The van der Waals surface area contributed by atoms with Gasteiger partial charge in [-0.1, -0.05) is 0 Å². The van der Waals surface area contributed by atoms with Crippen LogP contribution in [0.3, 0.4) is 0 Å². The number of amides is 1. The fourth-order valence-electron chi connectivity index (χ4n) is 0.230. The third-order valence-electron chi connectivity index (χ3n) is 0.436. The van der Waals surface area contributed by atoms with Gasteiger partial charge in [-0.05, 0) is 6.92 Å². The summed E-state index contributed by atoms with van der Waals surface area (Å²) in [6, 6.07) is 0. The number of hydrogen-bond donors (Lipinski definition) is 2. The molecule has 5 heteroatoms. The van der Waals surface area contributed by atoms with Crippen molar-refractivity contribution in [2.45, 2.75) is 12.4 Å². The minimum absolute atomic E-state index is 0.488. The Kier molecular flexibility index (Phi) is 3.64. The molecule has 9 heavy (non-hydrogen) atoms. The lowest BCUT2D eigenvalue weighted by atomic mass is 10.8. The van der Waals surface area contributed by atoms with Crippen LogP contribution in [0.1, 0.15) is 6.92 Å². The van der Waals surface area contributed by atoms with E-state index in [1.807, 2.05) is 0 Å². The second kappa shape index (κ2) is 4.04. The second-order valence-corrected chi connectivity index (χ2v) is 1.97. The number of nitriles is 1. The summed E-state index contributed by atoms with van der Waals surface area (Å²) < 4.78 is 4.38. The van der Waals surface area contributed by atoms with Crippen LogP contribution in [0.5, 0.6) is 0 Å². The number of ether oxygens (including phenoxy) is 1. The summed E-state index contributed by atoms with van der Waals surface area (Å²) in [4.78, 5) is 10.2. The van der Waals surface area contributed by atoms with Crippen molar-refractivity contribution in [2.24, 2.45) is 0 Å². The van der Waals surface area contributed by atoms with Gasteiger partial charge in [0.15, 0.2) is 6.19 Å². The largest absolute Gasteiger partial charge is 0.435 e. The SMILES string of the molecule is CC(S)OC(=O)NC#N. The molecule has 0 spiro atoms. The van der Waals surface area contributed by atoms with Gasteiger partial charge in [0.1, 0.15) is 5.44 Å². The molecule has 0 aromatic heterocycles. The van der Waals surface area contributed by atoms with Crippen LogP contribution in [-0.4, -0.2) is 11.5 Å². The van der Waals surface area contributed by atoms with Crippen molar-refractivity contribution in [2.75, 3.05) is 0 Å². The highest BCUT2D eigenvalue weighted by molar-refractivity contribution is 7.80. The number of rotatable bonds is 1. The molecule has 0 saturated carbocycles. The minimum atomic E-state index is -0.778. The molecule has 1 amide bonds.